The summed E-state index contributed by atoms with van der Waals surface area (Å²) in [7, 11) is 0. The maximum Gasteiger partial charge on any atom is 0.228 e. The fourth-order valence-corrected chi connectivity index (χ4v) is 1.62. The van der Waals surface area contributed by atoms with E-state index in [1.807, 2.05) is 32.9 Å². The number of halogens is 1. The summed E-state index contributed by atoms with van der Waals surface area (Å²) in [5.74, 6) is -0.201. The van der Waals surface area contributed by atoms with Gasteiger partial charge in [-0.2, -0.15) is 0 Å². The van der Waals surface area contributed by atoms with Gasteiger partial charge < -0.3 is 11.1 Å². The lowest BCUT2D eigenvalue weighted by Gasteiger charge is -2.12. The number of hydrogen-bond donors (Lipinski definition) is 2. The Hall–Kier alpha value is -0.870. The highest BCUT2D eigenvalue weighted by Crippen LogP contribution is 2.25. The predicted octanol–water partition coefficient (Wildman–Crippen LogP) is 2.60. The molecule has 1 aromatic rings. The van der Waals surface area contributed by atoms with E-state index in [1.165, 1.54) is 0 Å². The first-order valence-corrected chi connectivity index (χ1v) is 6.02. The zero-order chi connectivity index (χ0) is 12.3. The molecular weight excluding hydrogens is 268 g/mol. The molecule has 0 aliphatic carbocycles. The zero-order valence-electron chi connectivity index (χ0n) is 9.80. The summed E-state index contributed by atoms with van der Waals surface area (Å²) >= 11 is 3.49. The van der Waals surface area contributed by atoms with Gasteiger partial charge in [0.15, 0.2) is 0 Å². The number of nitrogens with one attached hydrogen (secondary N) is 1. The Morgan fingerprint density at radius 3 is 2.38 bits per heavy atom. The molecule has 0 bridgehead atoms. The van der Waals surface area contributed by atoms with Gasteiger partial charge in [0.2, 0.25) is 5.91 Å². The van der Waals surface area contributed by atoms with Gasteiger partial charge in [-0.1, -0.05) is 22.9 Å². The van der Waals surface area contributed by atoms with Crippen LogP contribution in [0.25, 0.3) is 0 Å². The van der Waals surface area contributed by atoms with Gasteiger partial charge in [-0.15, -0.1) is 0 Å². The Morgan fingerprint density at radius 1 is 1.44 bits per heavy atom. The topological polar surface area (TPSA) is 55.1 Å². The molecule has 0 aliphatic rings. The molecule has 0 radical (unpaired) electrons. The van der Waals surface area contributed by atoms with Crippen LogP contribution < -0.4 is 11.1 Å². The summed E-state index contributed by atoms with van der Waals surface area (Å²) in [4.78, 5) is 11.6. The molecule has 1 unspecified atom stereocenters. The monoisotopic (exact) mass is 284 g/mol. The molecular formula is C12H17BrN2O. The van der Waals surface area contributed by atoms with E-state index in [-0.39, 0.29) is 11.8 Å². The molecule has 0 fully saturated rings. The number of hydrogen-bond acceptors (Lipinski definition) is 2. The molecule has 0 saturated heterocycles. The fraction of sp³-hybridized carbons (Fsp3) is 0.417. The number of carbonyl (C=O) groups is 1. The van der Waals surface area contributed by atoms with Crippen LogP contribution in [-0.4, -0.2) is 12.5 Å². The Balaban J connectivity index is 2.87. The highest BCUT2D eigenvalue weighted by molar-refractivity contribution is 9.10. The SMILES string of the molecule is Cc1cc(NC(=O)C(C)CN)cc(C)c1Br. The molecule has 4 heteroatoms. The summed E-state index contributed by atoms with van der Waals surface area (Å²) < 4.78 is 1.08. The summed E-state index contributed by atoms with van der Waals surface area (Å²) in [6.07, 6.45) is 0. The molecule has 0 aromatic heterocycles. The molecule has 3 N–H and O–H groups in total. The van der Waals surface area contributed by atoms with Crippen LogP contribution in [0.1, 0.15) is 18.1 Å². The van der Waals surface area contributed by atoms with Crippen LogP contribution in [0.3, 0.4) is 0 Å². The van der Waals surface area contributed by atoms with E-state index in [9.17, 15) is 4.79 Å². The van der Waals surface area contributed by atoms with Crippen LogP contribution in [-0.2, 0) is 4.79 Å². The van der Waals surface area contributed by atoms with Crippen LogP contribution in [0.2, 0.25) is 0 Å². The van der Waals surface area contributed by atoms with E-state index in [0.29, 0.717) is 6.54 Å². The van der Waals surface area contributed by atoms with Crippen molar-refractivity contribution in [3.05, 3.63) is 27.7 Å². The van der Waals surface area contributed by atoms with Crippen LogP contribution in [0, 0.1) is 19.8 Å². The Labute approximate surface area is 105 Å². The Kier molecular flexibility index (Phi) is 4.50. The first kappa shape index (κ1) is 13.2. The van der Waals surface area contributed by atoms with Gasteiger partial charge in [-0.05, 0) is 37.1 Å². The molecule has 1 rings (SSSR count). The molecule has 3 nitrogen and oxygen atoms in total. The average molecular weight is 285 g/mol. The molecule has 0 aliphatic heterocycles. The minimum atomic E-state index is -0.163. The lowest BCUT2D eigenvalue weighted by atomic mass is 10.1. The van der Waals surface area contributed by atoms with E-state index in [1.54, 1.807) is 0 Å². The summed E-state index contributed by atoms with van der Waals surface area (Å²) in [6.45, 7) is 6.17. The minimum Gasteiger partial charge on any atom is -0.330 e. The lowest BCUT2D eigenvalue weighted by molar-refractivity contribution is -0.119. The first-order valence-electron chi connectivity index (χ1n) is 5.23. The largest absolute Gasteiger partial charge is 0.330 e. The van der Waals surface area contributed by atoms with E-state index in [4.69, 9.17) is 5.73 Å². The van der Waals surface area contributed by atoms with Gasteiger partial charge in [-0.3, -0.25) is 4.79 Å². The third-order valence-electron chi connectivity index (χ3n) is 2.51. The van der Waals surface area contributed by atoms with E-state index in [2.05, 4.69) is 21.2 Å². The lowest BCUT2D eigenvalue weighted by Crippen LogP contribution is -2.26. The Morgan fingerprint density at radius 2 is 1.94 bits per heavy atom. The molecule has 16 heavy (non-hydrogen) atoms. The highest BCUT2D eigenvalue weighted by Gasteiger charge is 2.11. The summed E-state index contributed by atoms with van der Waals surface area (Å²) in [5, 5.41) is 2.86. The normalized spacial score (nSPS) is 12.3. The van der Waals surface area contributed by atoms with Crippen LogP contribution in [0.4, 0.5) is 5.69 Å². The van der Waals surface area contributed by atoms with Crippen molar-refractivity contribution in [3.63, 3.8) is 0 Å². The van der Waals surface area contributed by atoms with E-state index in [0.717, 1.165) is 21.3 Å². The fourth-order valence-electron chi connectivity index (χ4n) is 1.39. The van der Waals surface area contributed by atoms with Crippen molar-refractivity contribution in [3.8, 4) is 0 Å². The average Bonchev–Trinajstić information content (AvgIpc) is 2.24. The van der Waals surface area contributed by atoms with Crippen molar-refractivity contribution >= 4 is 27.5 Å². The second kappa shape index (κ2) is 5.46. The summed E-state index contributed by atoms with van der Waals surface area (Å²) in [5.41, 5.74) is 8.48. The quantitative estimate of drug-likeness (QED) is 0.897. The van der Waals surface area contributed by atoms with Gasteiger partial charge in [-0.25, -0.2) is 0 Å². The predicted molar refractivity (Wildman–Crippen MR) is 70.5 cm³/mol. The van der Waals surface area contributed by atoms with Crippen molar-refractivity contribution in [1.29, 1.82) is 0 Å². The van der Waals surface area contributed by atoms with Gasteiger partial charge in [0.05, 0.1) is 0 Å². The number of carbonyl (C=O) groups excluding carboxylic acids is 1. The molecule has 0 heterocycles. The van der Waals surface area contributed by atoms with Crippen LogP contribution >= 0.6 is 15.9 Å². The highest BCUT2D eigenvalue weighted by atomic mass is 79.9. The van der Waals surface area contributed by atoms with Crippen LogP contribution in [0.15, 0.2) is 16.6 Å². The Bertz CT molecular complexity index is 381. The van der Waals surface area contributed by atoms with Gasteiger partial charge >= 0.3 is 0 Å². The number of rotatable bonds is 3. The molecule has 88 valence electrons. The zero-order valence-corrected chi connectivity index (χ0v) is 11.4. The third kappa shape index (κ3) is 3.06. The first-order chi connectivity index (χ1) is 7.45. The number of benzene rings is 1. The van der Waals surface area contributed by atoms with E-state index < -0.39 is 0 Å². The smallest absolute Gasteiger partial charge is 0.228 e. The van der Waals surface area contributed by atoms with Crippen LogP contribution in [0.5, 0.6) is 0 Å². The molecule has 0 saturated carbocycles. The second-order valence-electron chi connectivity index (χ2n) is 4.05. The van der Waals surface area contributed by atoms with Gasteiger partial charge in [0, 0.05) is 22.6 Å². The van der Waals surface area contributed by atoms with Crippen molar-refractivity contribution < 1.29 is 4.79 Å². The third-order valence-corrected chi connectivity index (χ3v) is 3.76. The van der Waals surface area contributed by atoms with E-state index >= 15 is 0 Å². The summed E-state index contributed by atoms with van der Waals surface area (Å²) in [6, 6.07) is 3.89. The van der Waals surface area contributed by atoms with Crippen molar-refractivity contribution in [2.75, 3.05) is 11.9 Å². The van der Waals surface area contributed by atoms with Crippen molar-refractivity contribution in [2.24, 2.45) is 11.7 Å². The number of nitrogens with two attached hydrogens (primary N) is 1. The standard InChI is InChI=1S/C12H17BrN2O/c1-7-4-10(5-8(2)11(7)13)15-12(16)9(3)6-14/h4-5,9H,6,14H2,1-3H3,(H,15,16). The number of anilines is 1. The molecule has 1 aromatic carbocycles. The van der Waals surface area contributed by atoms with Gasteiger partial charge in [0.1, 0.15) is 0 Å². The minimum absolute atomic E-state index is 0.0383. The molecule has 1 amide bonds. The molecule has 1 atom stereocenters. The molecule has 0 spiro atoms. The van der Waals surface area contributed by atoms with Gasteiger partial charge in [0.25, 0.3) is 0 Å². The maximum atomic E-state index is 11.6. The second-order valence-corrected chi connectivity index (χ2v) is 4.84. The number of aryl methyl sites for hydroxylation is 2. The maximum absolute atomic E-state index is 11.6. The van der Waals surface area contributed by atoms with Crippen molar-refractivity contribution in [1.82, 2.24) is 0 Å². The number of amides is 1. The van der Waals surface area contributed by atoms with Crippen molar-refractivity contribution in [2.45, 2.75) is 20.8 Å².